The van der Waals surface area contributed by atoms with E-state index in [1.807, 2.05) is 0 Å². The van der Waals surface area contributed by atoms with E-state index in [9.17, 15) is 31.5 Å². The minimum Gasteiger partial charge on any atom is -0.480 e. The minimum atomic E-state index is -4.14. The van der Waals surface area contributed by atoms with E-state index in [-0.39, 0.29) is 28.2 Å². The van der Waals surface area contributed by atoms with Crippen molar-refractivity contribution in [2.45, 2.75) is 30.9 Å². The molecule has 1 fully saturated rings. The first-order chi connectivity index (χ1) is 19.3. The normalized spacial score (nSPS) is 20.8. The summed E-state index contributed by atoms with van der Waals surface area (Å²) in [7, 11) is 0. The monoisotopic (exact) mass is 663 g/mol. The van der Waals surface area contributed by atoms with Crippen LogP contribution in [0.1, 0.15) is 23.4 Å². The van der Waals surface area contributed by atoms with Crippen LogP contribution in [0.15, 0.2) is 62.5 Å². The SMILES string of the molecule is CCOC(=O)C1=C(CN2CC(F)(F)C(OCC(=O)O)C(F)(F)C2)N=C(c2cccc[s+]2)[N-][C@H]1c1ccc(F)cc1Br. The Morgan fingerprint density at radius 1 is 1.20 bits per heavy atom. The lowest BCUT2D eigenvalue weighted by Gasteiger charge is -2.44. The predicted octanol–water partition coefficient (Wildman–Crippen LogP) is 5.68. The molecule has 15 heteroatoms. The van der Waals surface area contributed by atoms with E-state index in [2.05, 4.69) is 31.0 Å². The molecule has 2 aliphatic heterocycles. The third-order valence-corrected chi connectivity index (χ3v) is 7.62. The maximum atomic E-state index is 14.9. The highest BCUT2D eigenvalue weighted by Gasteiger charge is 2.61. The van der Waals surface area contributed by atoms with E-state index in [0.29, 0.717) is 15.3 Å². The van der Waals surface area contributed by atoms with E-state index in [0.717, 1.165) is 12.1 Å². The summed E-state index contributed by atoms with van der Waals surface area (Å²) >= 11 is 4.52. The first-order valence-electron chi connectivity index (χ1n) is 12.2. The quantitative estimate of drug-likeness (QED) is 0.210. The van der Waals surface area contributed by atoms with Crippen molar-refractivity contribution in [1.82, 2.24) is 4.90 Å². The van der Waals surface area contributed by atoms with Gasteiger partial charge in [0.05, 0.1) is 19.7 Å². The average molecular weight is 664 g/mol. The highest BCUT2D eigenvalue weighted by Crippen LogP contribution is 2.44. The van der Waals surface area contributed by atoms with Crippen LogP contribution in [0.25, 0.3) is 5.32 Å². The van der Waals surface area contributed by atoms with Crippen molar-refractivity contribution >= 4 is 45.0 Å². The number of piperidine rings is 1. The summed E-state index contributed by atoms with van der Waals surface area (Å²) in [5.41, 5.74) is 0.0127. The van der Waals surface area contributed by atoms with Gasteiger partial charge in [0.1, 0.15) is 12.4 Å². The molecule has 0 radical (unpaired) electrons. The number of alkyl halides is 4. The lowest BCUT2D eigenvalue weighted by Crippen LogP contribution is -2.64. The van der Waals surface area contributed by atoms with Crippen LogP contribution in [0.5, 0.6) is 0 Å². The molecule has 0 saturated carbocycles. The molecule has 1 atom stereocenters. The van der Waals surface area contributed by atoms with Gasteiger partial charge in [0.15, 0.2) is 11.5 Å². The molecular weight excluding hydrogens is 641 g/mol. The molecule has 8 nitrogen and oxygen atoms in total. The minimum absolute atomic E-state index is 0.0628. The van der Waals surface area contributed by atoms with Crippen molar-refractivity contribution in [2.75, 3.05) is 32.8 Å². The largest absolute Gasteiger partial charge is 0.480 e. The first kappa shape index (κ1) is 30.9. The second-order valence-electron chi connectivity index (χ2n) is 9.14. The van der Waals surface area contributed by atoms with E-state index < -0.39 is 68.0 Å². The summed E-state index contributed by atoms with van der Waals surface area (Å²) in [6, 6.07) is 7.70. The number of rotatable bonds is 9. The van der Waals surface area contributed by atoms with Crippen molar-refractivity contribution < 1.29 is 46.1 Å². The van der Waals surface area contributed by atoms with Gasteiger partial charge in [0, 0.05) is 34.5 Å². The number of carboxylic acids is 1. The number of aliphatic carboxylic acids is 1. The molecule has 0 bridgehead atoms. The molecule has 0 aliphatic carbocycles. The highest BCUT2D eigenvalue weighted by atomic mass is 79.9. The number of halogens is 6. The van der Waals surface area contributed by atoms with Gasteiger partial charge in [-0.1, -0.05) is 28.1 Å². The zero-order valence-corrected chi connectivity index (χ0v) is 23.7. The van der Waals surface area contributed by atoms with Gasteiger partial charge < -0.3 is 24.9 Å². The van der Waals surface area contributed by atoms with Crippen LogP contribution in [0, 0.1) is 5.82 Å². The first-order valence-corrected chi connectivity index (χ1v) is 13.8. The molecule has 2 aliphatic rings. The van der Waals surface area contributed by atoms with Crippen LogP contribution >= 0.6 is 27.3 Å². The van der Waals surface area contributed by atoms with Gasteiger partial charge in [-0.15, -0.1) is 0 Å². The lowest BCUT2D eigenvalue weighted by atomic mass is 9.93. The fourth-order valence-electron chi connectivity index (χ4n) is 4.50. The van der Waals surface area contributed by atoms with Gasteiger partial charge in [-0.05, 0) is 36.4 Å². The summed E-state index contributed by atoms with van der Waals surface area (Å²) in [6.07, 6.45) is -2.96. The van der Waals surface area contributed by atoms with Crippen molar-refractivity contribution in [3.05, 3.63) is 79.1 Å². The van der Waals surface area contributed by atoms with Crippen LogP contribution in [-0.2, 0) is 19.1 Å². The number of carbonyl (C=O) groups is 2. The fraction of sp³-hybridized carbons (Fsp3) is 0.385. The number of hydrogen-bond acceptors (Lipinski definition) is 6. The number of ether oxygens (including phenoxy) is 2. The molecule has 1 aromatic carbocycles. The molecule has 1 saturated heterocycles. The zero-order valence-electron chi connectivity index (χ0n) is 21.3. The van der Waals surface area contributed by atoms with E-state index in [4.69, 9.17) is 9.84 Å². The van der Waals surface area contributed by atoms with Gasteiger partial charge in [-0.25, -0.2) is 31.5 Å². The standard InChI is InChI=1S/C26H23BrF5N3O5S/c1-2-39-23(38)20-17(10-35-12-25(29,30)24(26(31,32)13-35)40-11-19(36)37)33-22(18-5-3-4-8-41-18)34-21(20)15-7-6-14(28)9-16(15)27/h3-9,21,24H,2,10-13H2,1H3,(H-,33,34,36,37,38)/t21-/m0/s1. The van der Waals surface area contributed by atoms with Gasteiger partial charge in [0.25, 0.3) is 11.8 Å². The Hall–Kier alpha value is -3.01. The van der Waals surface area contributed by atoms with Gasteiger partial charge in [-0.2, -0.15) is 0 Å². The topological polar surface area (TPSA) is 103 Å². The summed E-state index contributed by atoms with van der Waals surface area (Å²) in [5, 5.41) is 15.1. The Morgan fingerprint density at radius 3 is 2.49 bits per heavy atom. The number of hydrogen-bond donors (Lipinski definition) is 1. The number of esters is 1. The van der Waals surface area contributed by atoms with Gasteiger partial charge in [-0.3, -0.25) is 4.90 Å². The lowest BCUT2D eigenvalue weighted by molar-refractivity contribution is -0.267. The fourth-order valence-corrected chi connectivity index (χ4v) is 5.75. The van der Waals surface area contributed by atoms with Crippen LogP contribution in [0.2, 0.25) is 0 Å². The third-order valence-electron chi connectivity index (χ3n) is 6.06. The van der Waals surface area contributed by atoms with Crippen LogP contribution < -0.4 is 0 Å². The van der Waals surface area contributed by atoms with Crippen molar-refractivity contribution in [3.8, 4) is 0 Å². The number of amidine groups is 1. The summed E-state index contributed by atoms with van der Waals surface area (Å²) < 4.78 is 83.5. The molecule has 3 heterocycles. The van der Waals surface area contributed by atoms with Gasteiger partial charge in [0.2, 0.25) is 16.2 Å². The molecule has 1 N–H and O–H groups in total. The Morgan fingerprint density at radius 2 is 1.90 bits per heavy atom. The summed E-state index contributed by atoms with van der Waals surface area (Å²) in [4.78, 5) is 29.7. The molecule has 4 rings (SSSR count). The van der Waals surface area contributed by atoms with Crippen molar-refractivity contribution in [1.29, 1.82) is 0 Å². The number of carboxylic acid groups (broad SMARTS) is 1. The number of likely N-dealkylation sites (tertiary alicyclic amines) is 1. The number of carbonyl (C=O) groups excluding carboxylic acids is 1. The molecule has 41 heavy (non-hydrogen) atoms. The van der Waals surface area contributed by atoms with E-state index in [1.165, 1.54) is 17.4 Å². The smallest absolute Gasteiger partial charge is 0.334 e. The van der Waals surface area contributed by atoms with Crippen LogP contribution in [0.4, 0.5) is 22.0 Å². The third kappa shape index (κ3) is 7.08. The van der Waals surface area contributed by atoms with E-state index >= 15 is 0 Å². The predicted molar refractivity (Wildman–Crippen MR) is 143 cm³/mol. The summed E-state index contributed by atoms with van der Waals surface area (Å²) in [6.45, 7) is -2.93. The Bertz CT molecular complexity index is 1360. The molecule has 0 spiro atoms. The van der Waals surface area contributed by atoms with Gasteiger partial charge >= 0.3 is 11.9 Å². The maximum absolute atomic E-state index is 14.9. The second-order valence-corrected chi connectivity index (χ2v) is 10.9. The van der Waals surface area contributed by atoms with Crippen LogP contribution in [0.3, 0.4) is 0 Å². The number of nitrogens with zero attached hydrogens (tertiary/aromatic N) is 3. The Labute approximate surface area is 243 Å². The Kier molecular flexibility index (Phi) is 9.41. The second kappa shape index (κ2) is 12.5. The average Bonchev–Trinajstić information content (AvgIpc) is 2.87. The van der Waals surface area contributed by atoms with Crippen molar-refractivity contribution in [3.63, 3.8) is 0 Å². The summed E-state index contributed by atoms with van der Waals surface area (Å²) in [5.74, 6) is -11.3. The van der Waals surface area contributed by atoms with E-state index in [1.54, 1.807) is 30.5 Å². The highest BCUT2D eigenvalue weighted by molar-refractivity contribution is 9.10. The Balaban J connectivity index is 1.80. The van der Waals surface area contributed by atoms with Crippen molar-refractivity contribution in [2.24, 2.45) is 4.99 Å². The molecule has 0 amide bonds. The molecule has 2 aromatic rings. The molecular formula is C26H23BrF5N3O5S. The van der Waals surface area contributed by atoms with Crippen LogP contribution in [-0.4, -0.2) is 78.6 Å². The number of benzene rings is 1. The maximum Gasteiger partial charge on any atom is 0.334 e. The number of aliphatic imine (C=N–C) groups is 1. The molecule has 0 unspecified atom stereocenters. The zero-order chi connectivity index (χ0) is 29.9. The molecule has 220 valence electrons. The molecule has 1 aromatic heterocycles.